The predicted molar refractivity (Wildman–Crippen MR) is 206 cm³/mol. The molecule has 2 aromatic heterocycles. The predicted octanol–water partition coefficient (Wildman–Crippen LogP) is 5.97. The normalized spacial score (nSPS) is 15.7. The van der Waals surface area contributed by atoms with Crippen molar-refractivity contribution in [1.29, 1.82) is 0 Å². The maximum atomic E-state index is 14.1. The monoisotopic (exact) mass is 812 g/mol. The SMILES string of the molecule is CCCCCOC(=O)c1ccc(N2CCN(C(=O)[C@@H](Cc3cc(Cl)c(N)c(C(F)(F)F)c3)OC(=O)N3CCC(n4nc(-c5ccccc5)[nH]c4=O)CC3)CC2)nc1. The van der Waals surface area contributed by atoms with Gasteiger partial charge in [0.15, 0.2) is 11.9 Å². The Morgan fingerprint density at radius 1 is 0.982 bits per heavy atom. The van der Waals surface area contributed by atoms with Crippen LogP contribution in [0.1, 0.15) is 66.6 Å². The van der Waals surface area contributed by atoms with E-state index in [0.717, 1.165) is 30.9 Å². The van der Waals surface area contributed by atoms with Gasteiger partial charge in [0.1, 0.15) is 5.82 Å². The van der Waals surface area contributed by atoms with Gasteiger partial charge in [-0.3, -0.25) is 9.78 Å². The summed E-state index contributed by atoms with van der Waals surface area (Å²) < 4.78 is 54.1. The van der Waals surface area contributed by atoms with Gasteiger partial charge >= 0.3 is 23.9 Å². The van der Waals surface area contributed by atoms with Crippen molar-refractivity contribution in [3.63, 3.8) is 0 Å². The molecular weight excluding hydrogens is 769 g/mol. The van der Waals surface area contributed by atoms with Crippen LogP contribution in [0.5, 0.6) is 0 Å². The van der Waals surface area contributed by atoms with E-state index in [9.17, 15) is 32.3 Å². The number of unbranched alkanes of at least 4 members (excludes halogenated alkanes) is 2. The molecule has 2 fully saturated rings. The number of hydrogen-bond acceptors (Lipinski definition) is 10. The maximum Gasteiger partial charge on any atom is 0.418 e. The molecule has 2 aliphatic rings. The number of nitrogens with one attached hydrogen (secondary N) is 1. The van der Waals surface area contributed by atoms with Gasteiger partial charge in [0.05, 0.1) is 34.5 Å². The number of pyridine rings is 1. The third-order valence-electron chi connectivity index (χ3n) is 10.1. The van der Waals surface area contributed by atoms with Gasteiger partial charge in [0.2, 0.25) is 0 Å². The van der Waals surface area contributed by atoms with Gasteiger partial charge in [-0.1, -0.05) is 61.7 Å². The van der Waals surface area contributed by atoms with Crippen molar-refractivity contribution < 1.29 is 37.0 Å². The Kier molecular flexibility index (Phi) is 13.1. The van der Waals surface area contributed by atoms with Crippen molar-refractivity contribution in [2.24, 2.45) is 0 Å². The van der Waals surface area contributed by atoms with Gasteiger partial charge in [0, 0.05) is 57.4 Å². The second-order valence-corrected chi connectivity index (χ2v) is 14.4. The molecule has 0 unspecified atom stereocenters. The largest absolute Gasteiger partial charge is 0.462 e. The summed E-state index contributed by atoms with van der Waals surface area (Å²) in [6.07, 6.45) is -2.61. The van der Waals surface area contributed by atoms with Crippen LogP contribution in [0.3, 0.4) is 0 Å². The summed E-state index contributed by atoms with van der Waals surface area (Å²) in [5, 5.41) is 4.12. The van der Waals surface area contributed by atoms with Crippen molar-refractivity contribution in [3.8, 4) is 11.4 Å². The molecule has 4 aromatic rings. The quantitative estimate of drug-likeness (QED) is 0.0988. The van der Waals surface area contributed by atoms with Crippen LogP contribution in [0.4, 0.5) is 29.5 Å². The molecule has 2 saturated heterocycles. The molecule has 0 spiro atoms. The molecule has 304 valence electrons. The van der Waals surface area contributed by atoms with Crippen LogP contribution in [0.15, 0.2) is 65.6 Å². The number of rotatable bonds is 12. The Morgan fingerprint density at radius 2 is 1.70 bits per heavy atom. The average Bonchev–Trinajstić information content (AvgIpc) is 3.61. The number of alkyl halides is 3. The van der Waals surface area contributed by atoms with Crippen molar-refractivity contribution >= 4 is 41.1 Å². The number of piperazine rings is 1. The molecule has 1 atom stereocenters. The van der Waals surface area contributed by atoms with E-state index in [2.05, 4.69) is 22.0 Å². The Hall–Kier alpha value is -5.58. The molecule has 57 heavy (non-hydrogen) atoms. The lowest BCUT2D eigenvalue weighted by molar-refractivity contribution is -0.141. The number of hydrogen-bond donors (Lipinski definition) is 2. The van der Waals surface area contributed by atoms with E-state index in [1.54, 1.807) is 12.1 Å². The minimum atomic E-state index is -4.82. The lowest BCUT2D eigenvalue weighted by Crippen LogP contribution is -2.53. The second-order valence-electron chi connectivity index (χ2n) is 14.0. The molecule has 0 bridgehead atoms. The summed E-state index contributed by atoms with van der Waals surface area (Å²) in [6, 6.07) is 14.2. The minimum absolute atomic E-state index is 0.00493. The van der Waals surface area contributed by atoms with Gasteiger partial charge in [-0.05, 0) is 49.1 Å². The summed E-state index contributed by atoms with van der Waals surface area (Å²) in [7, 11) is 0. The summed E-state index contributed by atoms with van der Waals surface area (Å²) in [4.78, 5) is 64.8. The fraction of sp³-hybridized carbons (Fsp3) is 0.436. The maximum absolute atomic E-state index is 14.1. The highest BCUT2D eigenvalue weighted by Gasteiger charge is 2.37. The van der Waals surface area contributed by atoms with E-state index >= 15 is 0 Å². The molecule has 6 rings (SSSR count). The highest BCUT2D eigenvalue weighted by Crippen LogP contribution is 2.38. The topological polar surface area (TPSA) is 169 Å². The van der Waals surface area contributed by atoms with Crippen LogP contribution in [0.2, 0.25) is 5.02 Å². The molecule has 14 nitrogen and oxygen atoms in total. The van der Waals surface area contributed by atoms with E-state index < -0.39 is 47.9 Å². The van der Waals surface area contributed by atoms with Crippen LogP contribution >= 0.6 is 11.6 Å². The van der Waals surface area contributed by atoms with Crippen molar-refractivity contribution in [1.82, 2.24) is 29.5 Å². The van der Waals surface area contributed by atoms with Crippen LogP contribution in [0.25, 0.3) is 11.4 Å². The van der Waals surface area contributed by atoms with Gasteiger partial charge in [-0.25, -0.2) is 24.0 Å². The number of nitrogens with zero attached hydrogens (tertiary/aromatic N) is 6. The first kappa shape index (κ1) is 41.1. The number of nitrogens with two attached hydrogens (primary N) is 1. The first-order valence-corrected chi connectivity index (χ1v) is 19.2. The number of ether oxygens (including phenoxy) is 2. The molecule has 4 heterocycles. The van der Waals surface area contributed by atoms with Crippen LogP contribution in [-0.4, -0.2) is 99.5 Å². The summed E-state index contributed by atoms with van der Waals surface area (Å²) in [6.45, 7) is 3.83. The molecule has 3 N–H and O–H groups in total. The van der Waals surface area contributed by atoms with E-state index in [1.807, 2.05) is 35.2 Å². The fourth-order valence-electron chi connectivity index (χ4n) is 6.87. The molecule has 0 saturated carbocycles. The summed E-state index contributed by atoms with van der Waals surface area (Å²) in [5.41, 5.74) is 4.53. The Labute approximate surface area is 331 Å². The molecule has 2 aliphatic heterocycles. The highest BCUT2D eigenvalue weighted by molar-refractivity contribution is 6.33. The zero-order valence-electron chi connectivity index (χ0n) is 31.3. The van der Waals surface area contributed by atoms with Gasteiger partial charge in [-0.15, -0.1) is 5.10 Å². The van der Waals surface area contributed by atoms with Gasteiger partial charge in [0.25, 0.3) is 5.91 Å². The summed E-state index contributed by atoms with van der Waals surface area (Å²) >= 11 is 6.11. The molecule has 18 heteroatoms. The number of carbonyl (C=O) groups excluding carboxylic acids is 3. The number of anilines is 2. The van der Waals surface area contributed by atoms with Gasteiger partial charge in [-0.2, -0.15) is 13.2 Å². The number of halogens is 4. The van der Waals surface area contributed by atoms with Gasteiger partial charge < -0.3 is 29.9 Å². The van der Waals surface area contributed by atoms with E-state index in [4.69, 9.17) is 26.8 Å². The van der Waals surface area contributed by atoms with E-state index in [0.29, 0.717) is 49.7 Å². The lowest BCUT2D eigenvalue weighted by atomic mass is 10.0. The number of likely N-dealkylation sites (tertiary alicyclic amines) is 1. The Morgan fingerprint density at radius 3 is 2.35 bits per heavy atom. The van der Waals surface area contributed by atoms with E-state index in [-0.39, 0.29) is 48.5 Å². The van der Waals surface area contributed by atoms with Crippen LogP contribution in [0, 0.1) is 0 Å². The fourth-order valence-corrected chi connectivity index (χ4v) is 7.11. The van der Waals surface area contributed by atoms with Crippen molar-refractivity contribution in [3.05, 3.63) is 93.0 Å². The van der Waals surface area contributed by atoms with Crippen LogP contribution in [-0.2, 0) is 26.9 Å². The number of carbonyl (C=O) groups is 3. The number of H-pyrrole nitrogens is 1. The van der Waals surface area contributed by atoms with Crippen molar-refractivity contribution in [2.75, 3.05) is 56.5 Å². The standard InChI is InChI=1S/C39H44ClF3N8O6/c1-2-3-7-20-56-36(53)27-10-11-32(45-24-27)48-16-18-49(19-17-48)35(52)31(23-25-21-29(39(41,42)43)33(44)30(40)22-25)57-38(55)50-14-12-28(13-15-50)51-37(54)46-34(47-51)26-8-5-4-6-9-26/h4-6,8-11,21-22,24,28,31H,2-3,7,12-20,23,44H2,1H3,(H,46,47,54)/t31-/m1/s1. The molecular formula is C39H44ClF3N8O6. The number of esters is 1. The first-order chi connectivity index (χ1) is 27.3. The summed E-state index contributed by atoms with van der Waals surface area (Å²) in [5.74, 6) is -0.0446. The number of nitrogen functional groups attached to an aromatic ring is 1. The van der Waals surface area contributed by atoms with Crippen molar-refractivity contribution in [2.45, 2.75) is 63.8 Å². The number of aromatic nitrogens is 4. The third kappa shape index (κ3) is 10.1. The molecule has 0 aliphatic carbocycles. The highest BCUT2D eigenvalue weighted by atomic mass is 35.5. The van der Waals surface area contributed by atoms with E-state index in [1.165, 1.54) is 26.7 Å². The zero-order valence-corrected chi connectivity index (χ0v) is 32.1. The molecule has 2 amide bonds. The first-order valence-electron chi connectivity index (χ1n) is 18.8. The van der Waals surface area contributed by atoms with Crippen LogP contribution < -0.4 is 16.3 Å². The lowest BCUT2D eigenvalue weighted by Gasteiger charge is -2.37. The Balaban J connectivity index is 1.12. The number of amides is 2. The number of piperidine rings is 1. The number of benzene rings is 2. The second kappa shape index (κ2) is 18.1. The smallest absolute Gasteiger partial charge is 0.418 e. The minimum Gasteiger partial charge on any atom is -0.462 e. The molecule has 0 radical (unpaired) electrons. The zero-order chi connectivity index (χ0) is 40.7. The number of aromatic amines is 1. The average molecular weight is 813 g/mol. The third-order valence-corrected chi connectivity index (χ3v) is 10.4. The Bertz CT molecular complexity index is 2080. The molecule has 2 aromatic carbocycles.